The number of ether oxygens (including phenoxy) is 2. The van der Waals surface area contributed by atoms with E-state index in [4.69, 9.17) is 9.15 Å². The maximum atomic E-state index is 12.8. The number of hydrogen-bond donors (Lipinski definition) is 1. The monoisotopic (exact) mass is 584 g/mol. The number of nitrogens with zero attached hydrogens (tertiary/aromatic N) is 1. The second-order valence-corrected chi connectivity index (χ2v) is 9.77. The summed E-state index contributed by atoms with van der Waals surface area (Å²) >= 11 is 4.22. The highest BCUT2D eigenvalue weighted by molar-refractivity contribution is 9.10. The molecular weight excluding hydrogens is 564 g/mol. The number of nitrogens with one attached hydrogen (secondary N) is 1. The number of carbonyl (C=O) groups is 4. The van der Waals surface area contributed by atoms with Gasteiger partial charge in [0.15, 0.2) is 6.61 Å². The number of anilines is 1. The van der Waals surface area contributed by atoms with Gasteiger partial charge in [-0.3, -0.25) is 19.3 Å². The first-order valence-electron chi connectivity index (χ1n) is 10.9. The van der Waals surface area contributed by atoms with Crippen LogP contribution in [0.1, 0.15) is 27.4 Å². The van der Waals surface area contributed by atoms with Crippen LogP contribution in [0.25, 0.3) is 6.08 Å². The molecule has 11 heteroatoms. The lowest BCUT2D eigenvalue weighted by atomic mass is 10.2. The van der Waals surface area contributed by atoms with E-state index in [-0.39, 0.29) is 35.5 Å². The highest BCUT2D eigenvalue weighted by atomic mass is 79.9. The molecule has 0 unspecified atom stereocenters. The average Bonchev–Trinajstić information content (AvgIpc) is 3.45. The Morgan fingerprint density at radius 2 is 1.86 bits per heavy atom. The lowest BCUT2D eigenvalue weighted by Gasteiger charge is -2.10. The normalized spacial score (nSPS) is 14.2. The molecule has 3 aromatic rings. The van der Waals surface area contributed by atoms with Crippen LogP contribution in [0.15, 0.2) is 68.4 Å². The van der Waals surface area contributed by atoms with Crippen LogP contribution in [-0.2, 0) is 20.9 Å². The fraction of sp³-hybridized carbons (Fsp3) is 0.154. The molecule has 1 aliphatic heterocycles. The minimum atomic E-state index is -0.648. The quantitative estimate of drug-likeness (QED) is 0.277. The molecule has 2 aromatic carbocycles. The van der Waals surface area contributed by atoms with Gasteiger partial charge in [0, 0.05) is 5.69 Å². The van der Waals surface area contributed by atoms with Crippen molar-refractivity contribution in [3.8, 4) is 5.75 Å². The highest BCUT2D eigenvalue weighted by Crippen LogP contribution is 2.35. The molecule has 1 N–H and O–H groups in total. The average molecular weight is 585 g/mol. The molecule has 0 radical (unpaired) electrons. The van der Waals surface area contributed by atoms with Gasteiger partial charge in [-0.1, -0.05) is 23.8 Å². The molecule has 2 heterocycles. The summed E-state index contributed by atoms with van der Waals surface area (Å²) in [6.07, 6.45) is 1.59. The summed E-state index contributed by atoms with van der Waals surface area (Å²) in [6.45, 7) is 1.67. The van der Waals surface area contributed by atoms with Crippen molar-refractivity contribution in [2.24, 2.45) is 0 Å². The molecule has 0 saturated carbocycles. The van der Waals surface area contributed by atoms with Gasteiger partial charge in [0.1, 0.15) is 11.5 Å². The van der Waals surface area contributed by atoms with Gasteiger partial charge >= 0.3 is 5.97 Å². The van der Waals surface area contributed by atoms with E-state index in [9.17, 15) is 19.2 Å². The SMILES string of the molecule is COC(=O)c1ccc(CN2C(=O)S/C(=C/c3ccc(OCC(=O)Nc4ccc(C)cc4)c(Br)c3)C2=O)o1. The van der Waals surface area contributed by atoms with Crippen molar-refractivity contribution < 1.29 is 33.1 Å². The first-order valence-corrected chi connectivity index (χ1v) is 12.6. The molecule has 1 aliphatic rings. The van der Waals surface area contributed by atoms with Gasteiger partial charge in [0.25, 0.3) is 17.1 Å². The Balaban J connectivity index is 1.37. The molecule has 4 rings (SSSR count). The zero-order chi connectivity index (χ0) is 26.5. The summed E-state index contributed by atoms with van der Waals surface area (Å²) in [6, 6.07) is 15.5. The molecule has 0 bridgehead atoms. The number of carbonyl (C=O) groups excluding carboxylic acids is 4. The van der Waals surface area contributed by atoms with Crippen LogP contribution in [0.4, 0.5) is 10.5 Å². The number of amides is 3. The number of hydrogen-bond acceptors (Lipinski definition) is 8. The largest absolute Gasteiger partial charge is 0.483 e. The predicted molar refractivity (Wildman–Crippen MR) is 141 cm³/mol. The van der Waals surface area contributed by atoms with Gasteiger partial charge in [0.05, 0.1) is 23.0 Å². The Bertz CT molecular complexity index is 1400. The molecule has 0 aliphatic carbocycles. The van der Waals surface area contributed by atoms with Crippen molar-refractivity contribution in [2.45, 2.75) is 13.5 Å². The number of esters is 1. The molecule has 0 atom stereocenters. The summed E-state index contributed by atoms with van der Waals surface area (Å²) < 4.78 is 16.1. The summed E-state index contributed by atoms with van der Waals surface area (Å²) in [7, 11) is 1.23. The summed E-state index contributed by atoms with van der Waals surface area (Å²) in [5.74, 6) is -0.716. The number of rotatable bonds is 8. The molecule has 190 valence electrons. The Morgan fingerprint density at radius 3 is 2.57 bits per heavy atom. The van der Waals surface area contributed by atoms with Gasteiger partial charge in [-0.25, -0.2) is 4.79 Å². The standard InChI is InChI=1S/C26H21BrN2O7S/c1-15-3-6-17(7-4-15)28-23(30)14-35-20-9-5-16(11-19(20)27)12-22-24(31)29(26(33)37-22)13-18-8-10-21(36-18)25(32)34-2/h3-12H,13-14H2,1-2H3,(H,28,30)/b22-12+. The Kier molecular flexibility index (Phi) is 8.14. The molecule has 37 heavy (non-hydrogen) atoms. The third-order valence-corrected chi connectivity index (χ3v) is 6.71. The van der Waals surface area contributed by atoms with E-state index in [1.165, 1.54) is 19.2 Å². The van der Waals surface area contributed by atoms with E-state index in [2.05, 4.69) is 26.0 Å². The third-order valence-electron chi connectivity index (χ3n) is 5.18. The second kappa shape index (κ2) is 11.5. The van der Waals surface area contributed by atoms with Gasteiger partial charge in [-0.05, 0) is 82.7 Å². The molecule has 0 spiro atoms. The number of benzene rings is 2. The molecule has 3 amide bonds. The predicted octanol–water partition coefficient (Wildman–Crippen LogP) is 5.39. The van der Waals surface area contributed by atoms with E-state index in [0.29, 0.717) is 21.5 Å². The van der Waals surface area contributed by atoms with Crippen molar-refractivity contribution in [1.29, 1.82) is 0 Å². The summed E-state index contributed by atoms with van der Waals surface area (Å²) in [5, 5.41) is 2.31. The highest BCUT2D eigenvalue weighted by Gasteiger charge is 2.35. The maximum Gasteiger partial charge on any atom is 0.373 e. The number of methoxy groups -OCH3 is 1. The fourth-order valence-electron chi connectivity index (χ4n) is 3.32. The van der Waals surface area contributed by atoms with Gasteiger partial charge in [-0.2, -0.15) is 0 Å². The topological polar surface area (TPSA) is 115 Å². The minimum absolute atomic E-state index is 0.0141. The molecule has 9 nitrogen and oxygen atoms in total. The molecular formula is C26H21BrN2O7S. The van der Waals surface area contributed by atoms with E-state index in [0.717, 1.165) is 22.2 Å². The summed E-state index contributed by atoms with van der Waals surface area (Å²) in [4.78, 5) is 50.3. The van der Waals surface area contributed by atoms with E-state index >= 15 is 0 Å². The third kappa shape index (κ3) is 6.49. The van der Waals surface area contributed by atoms with Crippen molar-refractivity contribution in [3.05, 3.63) is 86.6 Å². The zero-order valence-corrected chi connectivity index (χ0v) is 22.2. The first kappa shape index (κ1) is 26.2. The number of halogens is 1. The van der Waals surface area contributed by atoms with Crippen LogP contribution in [0.2, 0.25) is 0 Å². The van der Waals surface area contributed by atoms with Crippen LogP contribution < -0.4 is 10.1 Å². The zero-order valence-electron chi connectivity index (χ0n) is 19.8. The minimum Gasteiger partial charge on any atom is -0.483 e. The smallest absolute Gasteiger partial charge is 0.373 e. The van der Waals surface area contributed by atoms with Crippen molar-refractivity contribution in [3.63, 3.8) is 0 Å². The lowest BCUT2D eigenvalue weighted by molar-refractivity contribution is -0.123. The number of furan rings is 1. The Labute approximate surface area is 224 Å². The Morgan fingerprint density at radius 1 is 1.11 bits per heavy atom. The maximum absolute atomic E-state index is 12.8. The Hall–Kier alpha value is -3.83. The summed E-state index contributed by atoms with van der Waals surface area (Å²) in [5.41, 5.74) is 2.42. The molecule has 1 saturated heterocycles. The van der Waals surface area contributed by atoms with E-state index < -0.39 is 17.1 Å². The van der Waals surface area contributed by atoms with Crippen LogP contribution >= 0.6 is 27.7 Å². The van der Waals surface area contributed by atoms with Crippen LogP contribution in [0.5, 0.6) is 5.75 Å². The fourth-order valence-corrected chi connectivity index (χ4v) is 4.67. The van der Waals surface area contributed by atoms with Crippen molar-refractivity contribution in [1.82, 2.24) is 4.90 Å². The van der Waals surface area contributed by atoms with Crippen LogP contribution in [0.3, 0.4) is 0 Å². The van der Waals surface area contributed by atoms with Crippen molar-refractivity contribution in [2.75, 3.05) is 19.0 Å². The van der Waals surface area contributed by atoms with Crippen molar-refractivity contribution >= 4 is 62.5 Å². The first-order chi connectivity index (χ1) is 17.7. The van der Waals surface area contributed by atoms with E-state index in [1.54, 1.807) is 24.3 Å². The van der Waals surface area contributed by atoms with Crippen LogP contribution in [0, 0.1) is 6.92 Å². The number of thioether (sulfide) groups is 1. The lowest BCUT2D eigenvalue weighted by Crippen LogP contribution is -2.27. The van der Waals surface area contributed by atoms with Crippen LogP contribution in [-0.4, -0.2) is 41.6 Å². The van der Waals surface area contributed by atoms with E-state index in [1.807, 2.05) is 31.2 Å². The molecule has 1 aromatic heterocycles. The second-order valence-electron chi connectivity index (χ2n) is 7.92. The number of aryl methyl sites for hydroxylation is 1. The van der Waals surface area contributed by atoms with Gasteiger partial charge < -0.3 is 19.2 Å². The molecule has 1 fully saturated rings. The number of imide groups is 1. The van der Waals surface area contributed by atoms with Gasteiger partial charge in [0.2, 0.25) is 5.76 Å². The van der Waals surface area contributed by atoms with Gasteiger partial charge in [-0.15, -0.1) is 0 Å².